The van der Waals surface area contributed by atoms with Gasteiger partial charge in [0.2, 0.25) is 5.91 Å². The molecule has 28 heavy (non-hydrogen) atoms. The van der Waals surface area contributed by atoms with Gasteiger partial charge in [0.05, 0.1) is 23.8 Å². The van der Waals surface area contributed by atoms with Gasteiger partial charge in [0.25, 0.3) is 5.56 Å². The maximum Gasteiger partial charge on any atom is 0.325 e. The van der Waals surface area contributed by atoms with Crippen molar-refractivity contribution in [3.8, 4) is 0 Å². The molecule has 0 saturated carbocycles. The van der Waals surface area contributed by atoms with Crippen molar-refractivity contribution in [1.29, 1.82) is 0 Å². The lowest BCUT2D eigenvalue weighted by Gasteiger charge is -2.35. The van der Waals surface area contributed by atoms with Gasteiger partial charge in [-0.1, -0.05) is 30.8 Å². The third kappa shape index (κ3) is 4.38. The largest absolute Gasteiger partial charge is 0.468 e. The molecule has 0 aliphatic carbocycles. The molecular formula is C20H25N3O4S. The number of carbonyl (C=O) groups excluding carboxylic acids is 2. The maximum absolute atomic E-state index is 12.9. The minimum atomic E-state index is -0.533. The van der Waals surface area contributed by atoms with Gasteiger partial charge < -0.3 is 9.64 Å². The van der Waals surface area contributed by atoms with Gasteiger partial charge in [-0.25, -0.2) is 4.98 Å². The van der Waals surface area contributed by atoms with E-state index in [1.807, 2.05) is 4.90 Å². The smallest absolute Gasteiger partial charge is 0.325 e. The Hall–Kier alpha value is -2.35. The molecule has 0 spiro atoms. The summed E-state index contributed by atoms with van der Waals surface area (Å²) in [4.78, 5) is 43.9. The summed E-state index contributed by atoms with van der Waals surface area (Å²) in [6, 6.07) is 7.27. The molecule has 1 amide bonds. The number of benzene rings is 1. The number of piperidine rings is 1. The van der Waals surface area contributed by atoms with E-state index in [2.05, 4.69) is 11.9 Å². The summed E-state index contributed by atoms with van der Waals surface area (Å²) in [5, 5.41) is 0.789. The van der Waals surface area contributed by atoms with Crippen molar-refractivity contribution in [2.45, 2.75) is 50.4 Å². The van der Waals surface area contributed by atoms with Crippen LogP contribution in [0, 0.1) is 0 Å². The van der Waals surface area contributed by atoms with Crippen molar-refractivity contribution in [2.24, 2.45) is 0 Å². The number of methoxy groups -OCH3 is 1. The van der Waals surface area contributed by atoms with Crippen LogP contribution in [0.4, 0.5) is 0 Å². The van der Waals surface area contributed by atoms with E-state index in [4.69, 9.17) is 4.74 Å². The zero-order valence-corrected chi connectivity index (χ0v) is 17.0. The van der Waals surface area contributed by atoms with Crippen LogP contribution in [0.25, 0.3) is 10.9 Å². The molecule has 7 nitrogen and oxygen atoms in total. The molecule has 2 aromatic rings. The number of aromatic nitrogens is 2. The number of amides is 1. The first kappa shape index (κ1) is 20.4. The van der Waals surface area contributed by atoms with Crippen LogP contribution >= 0.6 is 11.8 Å². The molecule has 0 N–H and O–H groups in total. The highest BCUT2D eigenvalue weighted by atomic mass is 32.2. The molecule has 0 bridgehead atoms. The van der Waals surface area contributed by atoms with E-state index in [1.165, 1.54) is 23.4 Å². The SMILES string of the molecule is CC[C@@H]1CCCCN1C(=O)CSc1nc2ccccc2c(=O)n1CC(=O)OC. The van der Waals surface area contributed by atoms with Crippen molar-refractivity contribution in [1.82, 2.24) is 14.5 Å². The molecule has 1 saturated heterocycles. The monoisotopic (exact) mass is 403 g/mol. The molecule has 1 aromatic carbocycles. The number of fused-ring (bicyclic) bond motifs is 1. The lowest BCUT2D eigenvalue weighted by molar-refractivity contribution is -0.141. The summed E-state index contributed by atoms with van der Waals surface area (Å²) in [5.41, 5.74) is 0.239. The standard InChI is InChI=1S/C20H25N3O4S/c1-3-14-8-6-7-11-22(14)17(24)13-28-20-21-16-10-5-4-9-15(16)19(26)23(20)12-18(25)27-2/h4-5,9-10,14H,3,6-8,11-13H2,1-2H3/t14-/m1/s1. The third-order valence-corrected chi connectivity index (χ3v) is 6.05. The number of carbonyl (C=O) groups is 2. The predicted molar refractivity (Wildman–Crippen MR) is 108 cm³/mol. The maximum atomic E-state index is 12.9. The zero-order valence-electron chi connectivity index (χ0n) is 16.2. The Morgan fingerprint density at radius 1 is 1.29 bits per heavy atom. The van der Waals surface area contributed by atoms with Crippen LogP contribution in [-0.2, 0) is 20.9 Å². The van der Waals surface area contributed by atoms with Crippen LogP contribution in [0.15, 0.2) is 34.2 Å². The number of likely N-dealkylation sites (tertiary alicyclic amines) is 1. The van der Waals surface area contributed by atoms with E-state index in [1.54, 1.807) is 24.3 Å². The van der Waals surface area contributed by atoms with E-state index in [-0.39, 0.29) is 29.8 Å². The van der Waals surface area contributed by atoms with Gasteiger partial charge in [-0.2, -0.15) is 0 Å². The normalized spacial score (nSPS) is 16.9. The van der Waals surface area contributed by atoms with Crippen LogP contribution in [0.2, 0.25) is 0 Å². The Balaban J connectivity index is 1.86. The average Bonchev–Trinajstić information content (AvgIpc) is 2.74. The Morgan fingerprint density at radius 3 is 2.82 bits per heavy atom. The Bertz CT molecular complexity index is 927. The summed E-state index contributed by atoms with van der Waals surface area (Å²) in [7, 11) is 1.28. The summed E-state index contributed by atoms with van der Waals surface area (Å²) < 4.78 is 6.01. The van der Waals surface area contributed by atoms with E-state index < -0.39 is 5.97 Å². The van der Waals surface area contributed by atoms with Crippen LogP contribution in [0.1, 0.15) is 32.6 Å². The molecule has 1 atom stereocenters. The first-order chi connectivity index (χ1) is 13.5. The first-order valence-corrected chi connectivity index (χ1v) is 10.5. The molecule has 1 aliphatic rings. The second-order valence-corrected chi connectivity index (χ2v) is 7.76. The molecule has 8 heteroatoms. The quantitative estimate of drug-likeness (QED) is 0.419. The Morgan fingerprint density at radius 2 is 2.07 bits per heavy atom. The first-order valence-electron chi connectivity index (χ1n) is 9.53. The van der Waals surface area contributed by atoms with E-state index >= 15 is 0 Å². The van der Waals surface area contributed by atoms with Crippen molar-refractivity contribution in [2.75, 3.05) is 19.4 Å². The van der Waals surface area contributed by atoms with E-state index in [9.17, 15) is 14.4 Å². The number of ether oxygens (including phenoxy) is 1. The lowest BCUT2D eigenvalue weighted by atomic mass is 10.0. The van der Waals surface area contributed by atoms with Crippen molar-refractivity contribution >= 4 is 34.5 Å². The summed E-state index contributed by atoms with van der Waals surface area (Å²) in [6.07, 6.45) is 4.15. The highest BCUT2D eigenvalue weighted by molar-refractivity contribution is 7.99. The van der Waals surface area contributed by atoms with Gasteiger partial charge in [0.1, 0.15) is 6.54 Å². The number of nitrogens with zero attached hydrogens (tertiary/aromatic N) is 3. The number of thioether (sulfide) groups is 1. The number of para-hydroxylation sites is 1. The predicted octanol–water partition coefficient (Wildman–Crippen LogP) is 2.45. The highest BCUT2D eigenvalue weighted by Crippen LogP contribution is 2.23. The van der Waals surface area contributed by atoms with Gasteiger partial charge in [0, 0.05) is 12.6 Å². The molecule has 1 aliphatic heterocycles. The van der Waals surface area contributed by atoms with Gasteiger partial charge >= 0.3 is 5.97 Å². The fourth-order valence-corrected chi connectivity index (χ4v) is 4.44. The Kier molecular flexibility index (Phi) is 6.72. The van der Waals surface area contributed by atoms with Crippen molar-refractivity contribution in [3.05, 3.63) is 34.6 Å². The molecule has 0 unspecified atom stereocenters. The fourth-order valence-electron chi connectivity index (χ4n) is 3.55. The van der Waals surface area contributed by atoms with E-state index in [0.717, 1.165) is 32.2 Å². The third-order valence-electron chi connectivity index (χ3n) is 5.08. The lowest BCUT2D eigenvalue weighted by Crippen LogP contribution is -2.44. The highest BCUT2D eigenvalue weighted by Gasteiger charge is 2.26. The summed E-state index contributed by atoms with van der Waals surface area (Å²) >= 11 is 1.20. The molecule has 3 rings (SSSR count). The van der Waals surface area contributed by atoms with Crippen molar-refractivity contribution < 1.29 is 14.3 Å². The minimum Gasteiger partial charge on any atom is -0.468 e. The average molecular weight is 404 g/mol. The van der Waals surface area contributed by atoms with Gasteiger partial charge in [-0.15, -0.1) is 0 Å². The minimum absolute atomic E-state index is 0.0450. The van der Waals surface area contributed by atoms with Crippen LogP contribution in [-0.4, -0.2) is 51.8 Å². The van der Waals surface area contributed by atoms with Crippen LogP contribution < -0.4 is 5.56 Å². The Labute approximate surface area is 168 Å². The molecular weight excluding hydrogens is 378 g/mol. The van der Waals surface area contributed by atoms with Gasteiger partial charge in [0.15, 0.2) is 5.16 Å². The number of esters is 1. The second-order valence-electron chi connectivity index (χ2n) is 6.81. The topological polar surface area (TPSA) is 81.5 Å². The second kappa shape index (κ2) is 9.23. The molecule has 1 fully saturated rings. The fraction of sp³-hybridized carbons (Fsp3) is 0.500. The number of hydrogen-bond acceptors (Lipinski definition) is 6. The van der Waals surface area contributed by atoms with Crippen molar-refractivity contribution in [3.63, 3.8) is 0 Å². The number of rotatable bonds is 6. The molecule has 0 radical (unpaired) electrons. The van der Waals surface area contributed by atoms with Gasteiger partial charge in [-0.3, -0.25) is 19.0 Å². The number of hydrogen-bond donors (Lipinski definition) is 0. The summed E-state index contributed by atoms with van der Waals surface area (Å²) in [6.45, 7) is 2.64. The van der Waals surface area contributed by atoms with Gasteiger partial charge in [-0.05, 0) is 37.8 Å². The van der Waals surface area contributed by atoms with E-state index in [0.29, 0.717) is 16.1 Å². The molecule has 1 aromatic heterocycles. The summed E-state index contributed by atoms with van der Waals surface area (Å²) in [5.74, 6) is -0.305. The van der Waals surface area contributed by atoms with Crippen LogP contribution in [0.5, 0.6) is 0 Å². The molecule has 2 heterocycles. The zero-order chi connectivity index (χ0) is 20.1. The van der Waals surface area contributed by atoms with Crippen LogP contribution in [0.3, 0.4) is 0 Å². The molecule has 150 valence electrons.